The van der Waals surface area contributed by atoms with Crippen LogP contribution in [0.1, 0.15) is 30.2 Å². The molecule has 0 amide bonds. The van der Waals surface area contributed by atoms with E-state index in [1.165, 1.54) is 11.1 Å². The van der Waals surface area contributed by atoms with Gasteiger partial charge < -0.3 is 9.21 Å². The summed E-state index contributed by atoms with van der Waals surface area (Å²) in [6.45, 7) is 1.63. The zero-order chi connectivity index (χ0) is 16.2. The van der Waals surface area contributed by atoms with Crippen LogP contribution in [-0.2, 0) is 24.1 Å². The molecule has 1 heterocycles. The van der Waals surface area contributed by atoms with Crippen molar-refractivity contribution in [2.24, 2.45) is 0 Å². The van der Waals surface area contributed by atoms with Crippen LogP contribution in [0.15, 0.2) is 57.4 Å². The molecule has 0 bridgehead atoms. The smallest absolute Gasteiger partial charge is 0.134 e. The van der Waals surface area contributed by atoms with Gasteiger partial charge in [-0.2, -0.15) is 0 Å². The largest absolute Gasteiger partial charge is 0.461 e. The molecule has 0 saturated heterocycles. The average molecular weight is 371 g/mol. The second-order valence-corrected chi connectivity index (χ2v) is 6.75. The van der Waals surface area contributed by atoms with Crippen molar-refractivity contribution in [3.05, 3.63) is 69.9 Å². The number of rotatable bonds is 6. The Morgan fingerprint density at radius 3 is 2.57 bits per heavy atom. The number of carbonyl (C=O) groups is 1. The van der Waals surface area contributed by atoms with Gasteiger partial charge in [0.1, 0.15) is 17.1 Å². The molecule has 0 saturated carbocycles. The number of Topliss-reactive ketones (excluding diaryl/α,β-unsaturated/α-hetero) is 1. The van der Waals surface area contributed by atoms with Gasteiger partial charge in [-0.25, -0.2) is 0 Å². The van der Waals surface area contributed by atoms with Crippen LogP contribution >= 0.6 is 15.9 Å². The van der Waals surface area contributed by atoms with Crippen molar-refractivity contribution in [1.29, 1.82) is 0 Å². The van der Waals surface area contributed by atoms with Gasteiger partial charge in [-0.15, -0.1) is 0 Å². The fourth-order valence-corrected chi connectivity index (χ4v) is 3.21. The van der Waals surface area contributed by atoms with Crippen LogP contribution in [0.2, 0.25) is 0 Å². The van der Waals surface area contributed by atoms with Gasteiger partial charge >= 0.3 is 0 Å². The molecule has 0 aliphatic carbocycles. The van der Waals surface area contributed by atoms with Crippen molar-refractivity contribution < 1.29 is 9.21 Å². The number of fused-ring (bicyclic) bond motifs is 1. The summed E-state index contributed by atoms with van der Waals surface area (Å²) in [6.07, 6.45) is 3.08. The third-order valence-corrected chi connectivity index (χ3v) is 4.54. The molecule has 2 nitrogen and oxygen atoms in total. The summed E-state index contributed by atoms with van der Waals surface area (Å²) < 4.78 is 7.07. The van der Waals surface area contributed by atoms with Gasteiger partial charge in [0.25, 0.3) is 0 Å². The van der Waals surface area contributed by atoms with Crippen LogP contribution in [0.4, 0.5) is 0 Å². The topological polar surface area (TPSA) is 30.2 Å². The maximum Gasteiger partial charge on any atom is 0.134 e. The zero-order valence-corrected chi connectivity index (χ0v) is 14.7. The quantitative estimate of drug-likeness (QED) is 0.573. The van der Waals surface area contributed by atoms with Crippen LogP contribution in [0.25, 0.3) is 11.0 Å². The van der Waals surface area contributed by atoms with Crippen molar-refractivity contribution in [3.63, 3.8) is 0 Å². The summed E-state index contributed by atoms with van der Waals surface area (Å²) in [7, 11) is 0. The Kier molecular flexibility index (Phi) is 4.97. The predicted molar refractivity (Wildman–Crippen MR) is 96.8 cm³/mol. The highest BCUT2D eigenvalue weighted by molar-refractivity contribution is 9.10. The lowest BCUT2D eigenvalue weighted by atomic mass is 10.00. The molecule has 0 unspecified atom stereocenters. The van der Waals surface area contributed by atoms with Gasteiger partial charge in [0.2, 0.25) is 0 Å². The highest BCUT2D eigenvalue weighted by atomic mass is 79.9. The molecule has 3 rings (SSSR count). The lowest BCUT2D eigenvalue weighted by Gasteiger charge is -2.04. The minimum atomic E-state index is 0.195. The molecule has 0 radical (unpaired) electrons. The van der Waals surface area contributed by atoms with Crippen LogP contribution in [0, 0.1) is 0 Å². The number of benzene rings is 2. The molecule has 0 atom stereocenters. The third kappa shape index (κ3) is 3.91. The Hall–Kier alpha value is -1.87. The molecule has 3 heteroatoms. The molecule has 0 aliphatic heterocycles. The first-order valence-electron chi connectivity index (χ1n) is 7.86. The molecule has 2 aromatic carbocycles. The van der Waals surface area contributed by atoms with E-state index in [1.54, 1.807) is 6.92 Å². The van der Waals surface area contributed by atoms with Gasteiger partial charge in [0, 0.05) is 28.3 Å². The van der Waals surface area contributed by atoms with E-state index >= 15 is 0 Å². The Morgan fingerprint density at radius 1 is 1.04 bits per heavy atom. The standard InChI is InChI=1S/C20H19BrO2/c1-14(22)7-11-19-17(10-8-15-5-3-2-4-6-15)18-13-16(21)9-12-20(18)23-19/h2-6,9,12-13H,7-8,10-11H2,1H3. The Labute approximate surface area is 144 Å². The molecule has 0 aliphatic rings. The third-order valence-electron chi connectivity index (χ3n) is 4.05. The van der Waals surface area contributed by atoms with E-state index in [4.69, 9.17) is 4.42 Å². The predicted octanol–water partition coefficient (Wildman–Crippen LogP) is 5.50. The monoisotopic (exact) mass is 370 g/mol. The second-order valence-electron chi connectivity index (χ2n) is 5.83. The molecular weight excluding hydrogens is 352 g/mol. The molecule has 23 heavy (non-hydrogen) atoms. The highest BCUT2D eigenvalue weighted by Gasteiger charge is 2.15. The summed E-state index contributed by atoms with van der Waals surface area (Å²) in [5.41, 5.74) is 3.44. The van der Waals surface area contributed by atoms with Crippen molar-refractivity contribution in [1.82, 2.24) is 0 Å². The van der Waals surface area contributed by atoms with Crippen LogP contribution < -0.4 is 0 Å². The number of hydrogen-bond acceptors (Lipinski definition) is 2. The van der Waals surface area contributed by atoms with E-state index in [9.17, 15) is 4.79 Å². The molecule has 118 valence electrons. The lowest BCUT2D eigenvalue weighted by molar-refractivity contribution is -0.117. The van der Waals surface area contributed by atoms with Crippen molar-refractivity contribution >= 4 is 32.7 Å². The van der Waals surface area contributed by atoms with Crippen LogP contribution in [-0.4, -0.2) is 5.78 Å². The summed E-state index contributed by atoms with van der Waals surface area (Å²) in [5.74, 6) is 1.14. The van der Waals surface area contributed by atoms with Crippen molar-refractivity contribution in [2.75, 3.05) is 0 Å². The van der Waals surface area contributed by atoms with E-state index in [-0.39, 0.29) is 5.78 Å². The first kappa shape index (κ1) is 16.0. The molecule has 0 fully saturated rings. The van der Waals surface area contributed by atoms with E-state index in [0.29, 0.717) is 12.8 Å². The van der Waals surface area contributed by atoms with Gasteiger partial charge in [-0.3, -0.25) is 0 Å². The first-order chi connectivity index (χ1) is 11.1. The SMILES string of the molecule is CC(=O)CCc1oc2ccc(Br)cc2c1CCc1ccccc1. The maximum atomic E-state index is 11.3. The van der Waals surface area contributed by atoms with Gasteiger partial charge in [0.05, 0.1) is 0 Å². The molecule has 0 spiro atoms. The molecule has 1 aromatic heterocycles. The van der Waals surface area contributed by atoms with Gasteiger partial charge in [-0.1, -0.05) is 46.3 Å². The molecule has 3 aromatic rings. The summed E-state index contributed by atoms with van der Waals surface area (Å²) in [5, 5.41) is 1.15. The fraction of sp³-hybridized carbons (Fsp3) is 0.250. The fourth-order valence-electron chi connectivity index (χ4n) is 2.85. The van der Waals surface area contributed by atoms with E-state index < -0.39 is 0 Å². The van der Waals surface area contributed by atoms with Crippen molar-refractivity contribution in [3.8, 4) is 0 Å². The van der Waals surface area contributed by atoms with Crippen LogP contribution in [0.3, 0.4) is 0 Å². The summed E-state index contributed by atoms with van der Waals surface area (Å²) in [6, 6.07) is 16.5. The number of ketones is 1. The Balaban J connectivity index is 1.92. The Bertz CT molecular complexity index is 818. The molecule has 0 N–H and O–H groups in total. The van der Waals surface area contributed by atoms with Crippen molar-refractivity contribution in [2.45, 2.75) is 32.6 Å². The van der Waals surface area contributed by atoms with E-state index in [2.05, 4.69) is 46.3 Å². The van der Waals surface area contributed by atoms with E-state index in [1.807, 2.05) is 18.2 Å². The van der Waals surface area contributed by atoms with Crippen LogP contribution in [0.5, 0.6) is 0 Å². The average Bonchev–Trinajstić information content (AvgIpc) is 2.89. The summed E-state index contributed by atoms with van der Waals surface area (Å²) >= 11 is 3.54. The number of furan rings is 1. The molecular formula is C20H19BrO2. The zero-order valence-electron chi connectivity index (χ0n) is 13.1. The minimum absolute atomic E-state index is 0.195. The number of aryl methyl sites for hydroxylation is 3. The second kappa shape index (κ2) is 7.14. The normalized spacial score (nSPS) is 11.0. The minimum Gasteiger partial charge on any atom is -0.461 e. The maximum absolute atomic E-state index is 11.3. The first-order valence-corrected chi connectivity index (χ1v) is 8.66. The van der Waals surface area contributed by atoms with Gasteiger partial charge in [-0.05, 0) is 43.5 Å². The summed E-state index contributed by atoms with van der Waals surface area (Å²) in [4.78, 5) is 11.3. The lowest BCUT2D eigenvalue weighted by Crippen LogP contribution is -1.98. The van der Waals surface area contributed by atoms with E-state index in [0.717, 1.165) is 34.0 Å². The number of hydrogen-bond donors (Lipinski definition) is 0. The van der Waals surface area contributed by atoms with Gasteiger partial charge in [0.15, 0.2) is 0 Å². The Morgan fingerprint density at radius 2 is 1.83 bits per heavy atom. The number of carbonyl (C=O) groups excluding carboxylic acids is 1. The highest BCUT2D eigenvalue weighted by Crippen LogP contribution is 2.30. The number of halogens is 1.